The van der Waals surface area contributed by atoms with Gasteiger partial charge in [-0.2, -0.15) is 0 Å². The van der Waals surface area contributed by atoms with E-state index in [9.17, 15) is 0 Å². The molecule has 1 aliphatic rings. The number of piperidine rings is 1. The third-order valence-corrected chi connectivity index (χ3v) is 4.55. The Hall–Kier alpha value is -1.09. The first-order chi connectivity index (χ1) is 8.58. The van der Waals surface area contributed by atoms with E-state index in [1.54, 1.807) is 0 Å². The molecule has 0 saturated carbocycles. The molecule has 0 amide bonds. The molecule has 1 aromatic heterocycles. The summed E-state index contributed by atoms with van der Waals surface area (Å²) in [5, 5.41) is 0. The first-order valence-corrected chi connectivity index (χ1v) is 6.99. The van der Waals surface area contributed by atoms with Crippen molar-refractivity contribution < 1.29 is 0 Å². The number of pyridine rings is 1. The van der Waals surface area contributed by atoms with Crippen molar-refractivity contribution in [2.24, 2.45) is 11.1 Å². The van der Waals surface area contributed by atoms with Gasteiger partial charge in [0.25, 0.3) is 0 Å². The Morgan fingerprint density at radius 1 is 1.33 bits per heavy atom. The summed E-state index contributed by atoms with van der Waals surface area (Å²) < 4.78 is 0. The SMILES string of the molecule is CCC1(C)CCN(c2ccc(CN)c(C)n2)CC1. The van der Waals surface area contributed by atoms with Crippen LogP contribution in [0.4, 0.5) is 5.82 Å². The first kappa shape index (κ1) is 13.3. The molecule has 0 radical (unpaired) electrons. The van der Waals surface area contributed by atoms with Crippen LogP contribution in [-0.4, -0.2) is 18.1 Å². The maximum absolute atomic E-state index is 5.68. The smallest absolute Gasteiger partial charge is 0.128 e. The van der Waals surface area contributed by atoms with Gasteiger partial charge in [-0.15, -0.1) is 0 Å². The summed E-state index contributed by atoms with van der Waals surface area (Å²) >= 11 is 0. The number of aromatic nitrogens is 1. The Bertz CT molecular complexity index is 406. The van der Waals surface area contributed by atoms with Crippen molar-refractivity contribution in [3.63, 3.8) is 0 Å². The fourth-order valence-electron chi connectivity index (χ4n) is 2.60. The van der Waals surface area contributed by atoms with Gasteiger partial charge in [-0.05, 0) is 36.8 Å². The summed E-state index contributed by atoms with van der Waals surface area (Å²) in [5.41, 5.74) is 8.43. The zero-order chi connectivity index (χ0) is 13.2. The van der Waals surface area contributed by atoms with Crippen LogP contribution in [0, 0.1) is 12.3 Å². The van der Waals surface area contributed by atoms with E-state index in [0.29, 0.717) is 12.0 Å². The molecular weight excluding hydrogens is 222 g/mol. The standard InChI is InChI=1S/C15H25N3/c1-4-15(3)7-9-18(10-8-15)14-6-5-13(11-16)12(2)17-14/h5-6H,4,7-11,16H2,1-3H3. The first-order valence-electron chi connectivity index (χ1n) is 6.99. The van der Waals surface area contributed by atoms with Gasteiger partial charge in [-0.1, -0.05) is 26.3 Å². The van der Waals surface area contributed by atoms with Crippen LogP contribution in [0.2, 0.25) is 0 Å². The number of anilines is 1. The van der Waals surface area contributed by atoms with Gasteiger partial charge < -0.3 is 10.6 Å². The minimum Gasteiger partial charge on any atom is -0.357 e. The second kappa shape index (κ2) is 5.27. The van der Waals surface area contributed by atoms with E-state index in [0.717, 1.165) is 30.2 Å². The number of nitrogens with two attached hydrogens (primary N) is 1. The van der Waals surface area contributed by atoms with E-state index in [2.05, 4.69) is 35.9 Å². The van der Waals surface area contributed by atoms with Gasteiger partial charge in [-0.25, -0.2) is 4.98 Å². The molecule has 0 bridgehead atoms. The van der Waals surface area contributed by atoms with Crippen molar-refractivity contribution in [2.75, 3.05) is 18.0 Å². The molecular formula is C15H25N3. The molecule has 3 nitrogen and oxygen atoms in total. The molecule has 1 aliphatic heterocycles. The number of rotatable bonds is 3. The van der Waals surface area contributed by atoms with Gasteiger partial charge in [0, 0.05) is 25.3 Å². The van der Waals surface area contributed by atoms with Crippen LogP contribution in [0.15, 0.2) is 12.1 Å². The van der Waals surface area contributed by atoms with E-state index in [4.69, 9.17) is 5.73 Å². The highest BCUT2D eigenvalue weighted by Gasteiger charge is 2.28. The molecule has 0 unspecified atom stereocenters. The zero-order valence-electron chi connectivity index (χ0n) is 11.9. The molecule has 2 rings (SSSR count). The second-order valence-electron chi connectivity index (χ2n) is 5.77. The van der Waals surface area contributed by atoms with Crippen LogP contribution in [0.25, 0.3) is 0 Å². The monoisotopic (exact) mass is 247 g/mol. The molecule has 0 atom stereocenters. The third-order valence-electron chi connectivity index (χ3n) is 4.55. The minimum absolute atomic E-state index is 0.530. The highest BCUT2D eigenvalue weighted by molar-refractivity contribution is 5.42. The summed E-state index contributed by atoms with van der Waals surface area (Å²) in [6, 6.07) is 4.23. The van der Waals surface area contributed by atoms with E-state index in [1.807, 2.05) is 6.92 Å². The molecule has 100 valence electrons. The van der Waals surface area contributed by atoms with E-state index in [1.165, 1.54) is 19.3 Å². The lowest BCUT2D eigenvalue weighted by molar-refractivity contribution is 0.238. The summed E-state index contributed by atoms with van der Waals surface area (Å²) in [6.45, 7) is 9.57. The van der Waals surface area contributed by atoms with E-state index in [-0.39, 0.29) is 0 Å². The average Bonchev–Trinajstić information content (AvgIpc) is 2.39. The van der Waals surface area contributed by atoms with Gasteiger partial charge in [0.15, 0.2) is 0 Å². The number of aryl methyl sites for hydroxylation is 1. The highest BCUT2D eigenvalue weighted by atomic mass is 15.2. The Kier molecular flexibility index (Phi) is 3.91. The summed E-state index contributed by atoms with van der Waals surface area (Å²) in [6.07, 6.45) is 3.81. The van der Waals surface area contributed by atoms with Crippen molar-refractivity contribution in [3.05, 3.63) is 23.4 Å². The second-order valence-corrected chi connectivity index (χ2v) is 5.77. The normalized spacial score (nSPS) is 19.0. The fraction of sp³-hybridized carbons (Fsp3) is 0.667. The maximum atomic E-state index is 5.68. The molecule has 3 heteroatoms. The molecule has 1 fully saturated rings. The van der Waals surface area contributed by atoms with E-state index >= 15 is 0 Å². The minimum atomic E-state index is 0.530. The summed E-state index contributed by atoms with van der Waals surface area (Å²) in [5.74, 6) is 1.11. The molecule has 1 aromatic rings. The lowest BCUT2D eigenvalue weighted by Gasteiger charge is -2.39. The fourth-order valence-corrected chi connectivity index (χ4v) is 2.60. The van der Waals surface area contributed by atoms with Gasteiger partial charge >= 0.3 is 0 Å². The van der Waals surface area contributed by atoms with Crippen molar-refractivity contribution in [1.82, 2.24) is 4.98 Å². The van der Waals surface area contributed by atoms with Crippen LogP contribution in [0.1, 0.15) is 44.4 Å². The molecule has 0 aromatic carbocycles. The van der Waals surface area contributed by atoms with Crippen molar-refractivity contribution >= 4 is 5.82 Å². The lowest BCUT2D eigenvalue weighted by Crippen LogP contribution is -2.38. The lowest BCUT2D eigenvalue weighted by atomic mass is 9.78. The quantitative estimate of drug-likeness (QED) is 0.893. The van der Waals surface area contributed by atoms with Gasteiger partial charge in [-0.3, -0.25) is 0 Å². The van der Waals surface area contributed by atoms with E-state index < -0.39 is 0 Å². The van der Waals surface area contributed by atoms with Gasteiger partial charge in [0.05, 0.1) is 0 Å². The van der Waals surface area contributed by atoms with Gasteiger partial charge in [0.2, 0.25) is 0 Å². The van der Waals surface area contributed by atoms with Crippen molar-refractivity contribution in [1.29, 1.82) is 0 Å². The Balaban J connectivity index is 2.08. The van der Waals surface area contributed by atoms with Gasteiger partial charge in [0.1, 0.15) is 5.82 Å². The summed E-state index contributed by atoms with van der Waals surface area (Å²) in [4.78, 5) is 7.09. The predicted octanol–water partition coefficient (Wildman–Crippen LogP) is 2.87. The highest BCUT2D eigenvalue weighted by Crippen LogP contribution is 2.35. The molecule has 2 N–H and O–H groups in total. The predicted molar refractivity (Wildman–Crippen MR) is 76.7 cm³/mol. The van der Waals surface area contributed by atoms with Crippen molar-refractivity contribution in [3.8, 4) is 0 Å². The Morgan fingerprint density at radius 2 is 2.00 bits per heavy atom. The van der Waals surface area contributed by atoms with Crippen LogP contribution in [0.5, 0.6) is 0 Å². The maximum Gasteiger partial charge on any atom is 0.128 e. The number of nitrogens with zero attached hydrogens (tertiary/aromatic N) is 2. The van der Waals surface area contributed by atoms with Crippen molar-refractivity contribution in [2.45, 2.75) is 46.6 Å². The summed E-state index contributed by atoms with van der Waals surface area (Å²) in [7, 11) is 0. The molecule has 0 aliphatic carbocycles. The van der Waals surface area contributed by atoms with Crippen LogP contribution >= 0.6 is 0 Å². The number of hydrogen-bond donors (Lipinski definition) is 1. The molecule has 0 spiro atoms. The molecule has 2 heterocycles. The molecule has 18 heavy (non-hydrogen) atoms. The number of hydrogen-bond acceptors (Lipinski definition) is 3. The van der Waals surface area contributed by atoms with Crippen LogP contribution in [-0.2, 0) is 6.54 Å². The largest absolute Gasteiger partial charge is 0.357 e. The Morgan fingerprint density at radius 3 is 2.50 bits per heavy atom. The third kappa shape index (κ3) is 2.66. The zero-order valence-corrected chi connectivity index (χ0v) is 11.9. The Labute approximate surface area is 110 Å². The average molecular weight is 247 g/mol. The molecule has 1 saturated heterocycles. The van der Waals surface area contributed by atoms with Crippen LogP contribution < -0.4 is 10.6 Å². The van der Waals surface area contributed by atoms with Crippen LogP contribution in [0.3, 0.4) is 0 Å². The topological polar surface area (TPSA) is 42.1 Å².